The highest BCUT2D eigenvalue weighted by atomic mass is 16.5. The van der Waals surface area contributed by atoms with E-state index in [1.54, 1.807) is 7.11 Å². The van der Waals surface area contributed by atoms with Crippen LogP contribution in [0.25, 0.3) is 11.3 Å². The van der Waals surface area contributed by atoms with Crippen molar-refractivity contribution in [1.29, 1.82) is 0 Å². The lowest BCUT2D eigenvalue weighted by molar-refractivity contribution is 0.415. The Labute approximate surface area is 170 Å². The zero-order valence-electron chi connectivity index (χ0n) is 16.3. The Morgan fingerprint density at radius 3 is 2.07 bits per heavy atom. The van der Waals surface area contributed by atoms with Gasteiger partial charge in [0, 0.05) is 17.3 Å². The van der Waals surface area contributed by atoms with E-state index in [2.05, 4.69) is 15.3 Å². The van der Waals surface area contributed by atoms with Gasteiger partial charge in [-0.2, -0.15) is 0 Å². The molecule has 0 atom stereocenters. The Balaban J connectivity index is 1.50. The lowest BCUT2D eigenvalue weighted by atomic mass is 10.1. The summed E-state index contributed by atoms with van der Waals surface area (Å²) in [5.41, 5.74) is 2.78. The highest BCUT2D eigenvalue weighted by Gasteiger charge is 2.06. The molecule has 0 radical (unpaired) electrons. The van der Waals surface area contributed by atoms with Crippen LogP contribution in [0.5, 0.6) is 17.2 Å². The molecule has 5 heteroatoms. The summed E-state index contributed by atoms with van der Waals surface area (Å²) in [7, 11) is 1.65. The van der Waals surface area contributed by atoms with Crippen LogP contribution in [0.3, 0.4) is 0 Å². The molecule has 1 heterocycles. The van der Waals surface area contributed by atoms with Gasteiger partial charge in [0.25, 0.3) is 0 Å². The Morgan fingerprint density at radius 2 is 1.38 bits per heavy atom. The molecule has 0 aliphatic carbocycles. The molecule has 0 unspecified atom stereocenters. The summed E-state index contributed by atoms with van der Waals surface area (Å²) in [6.07, 6.45) is 0. The van der Waals surface area contributed by atoms with Gasteiger partial charge < -0.3 is 14.8 Å². The first-order valence-corrected chi connectivity index (χ1v) is 9.30. The van der Waals surface area contributed by atoms with Crippen molar-refractivity contribution < 1.29 is 9.47 Å². The fraction of sp³-hybridized carbons (Fsp3) is 0.0833. The largest absolute Gasteiger partial charge is 0.497 e. The van der Waals surface area contributed by atoms with Crippen LogP contribution in [-0.4, -0.2) is 17.1 Å². The molecule has 0 amide bonds. The maximum absolute atomic E-state index is 5.83. The molecule has 3 aromatic carbocycles. The Bertz CT molecular complexity index is 1080. The maximum Gasteiger partial charge on any atom is 0.134 e. The third-order valence-electron chi connectivity index (χ3n) is 4.33. The number of anilines is 2. The van der Waals surface area contributed by atoms with Crippen LogP contribution in [0.1, 0.15) is 5.82 Å². The normalized spacial score (nSPS) is 10.4. The zero-order valence-corrected chi connectivity index (χ0v) is 16.3. The van der Waals surface area contributed by atoms with Crippen LogP contribution in [-0.2, 0) is 0 Å². The first-order chi connectivity index (χ1) is 14.2. The van der Waals surface area contributed by atoms with E-state index in [1.165, 1.54) is 0 Å². The third-order valence-corrected chi connectivity index (χ3v) is 4.33. The quantitative estimate of drug-likeness (QED) is 0.443. The molecule has 0 bridgehead atoms. The second-order valence-corrected chi connectivity index (χ2v) is 6.48. The molecule has 0 saturated carbocycles. The van der Waals surface area contributed by atoms with Crippen LogP contribution in [0, 0.1) is 6.92 Å². The van der Waals surface area contributed by atoms with Crippen molar-refractivity contribution >= 4 is 11.5 Å². The summed E-state index contributed by atoms with van der Waals surface area (Å²) in [6.45, 7) is 1.88. The highest BCUT2D eigenvalue weighted by molar-refractivity contribution is 5.66. The van der Waals surface area contributed by atoms with E-state index in [0.29, 0.717) is 5.82 Å². The van der Waals surface area contributed by atoms with E-state index in [9.17, 15) is 0 Å². The molecule has 29 heavy (non-hydrogen) atoms. The first kappa shape index (κ1) is 18.5. The van der Waals surface area contributed by atoms with E-state index in [-0.39, 0.29) is 0 Å². The summed E-state index contributed by atoms with van der Waals surface area (Å²) < 4.78 is 11.1. The minimum Gasteiger partial charge on any atom is -0.497 e. The minimum absolute atomic E-state index is 0.699. The molecule has 0 saturated heterocycles. The molecule has 1 N–H and O–H groups in total. The lowest BCUT2D eigenvalue weighted by Crippen LogP contribution is -1.99. The molecule has 0 aliphatic rings. The smallest absolute Gasteiger partial charge is 0.134 e. The standard InChI is InChI=1S/C24H21N3O2/c1-17-25-23(18-8-12-20(28-2)13-9-18)16-24(26-17)27-19-10-14-22(15-11-19)29-21-6-4-3-5-7-21/h3-16H,1-2H3,(H,25,26,27). The van der Waals surface area contributed by atoms with E-state index >= 15 is 0 Å². The number of aromatic nitrogens is 2. The number of hydrogen-bond donors (Lipinski definition) is 1. The molecular weight excluding hydrogens is 362 g/mol. The number of rotatable bonds is 6. The maximum atomic E-state index is 5.83. The van der Waals surface area contributed by atoms with E-state index in [4.69, 9.17) is 9.47 Å². The van der Waals surface area contributed by atoms with Crippen molar-refractivity contribution in [2.75, 3.05) is 12.4 Å². The van der Waals surface area contributed by atoms with E-state index in [0.717, 1.165) is 40.0 Å². The Kier molecular flexibility index (Phi) is 5.38. The number of ether oxygens (including phenoxy) is 2. The predicted octanol–water partition coefficient (Wildman–Crippen LogP) is 6.00. The Morgan fingerprint density at radius 1 is 0.724 bits per heavy atom. The molecule has 1 aromatic heterocycles. The lowest BCUT2D eigenvalue weighted by Gasteiger charge is -2.10. The van der Waals surface area contributed by atoms with Crippen molar-refractivity contribution in [2.24, 2.45) is 0 Å². The summed E-state index contributed by atoms with van der Waals surface area (Å²) in [6, 6.07) is 27.2. The molecule has 4 aromatic rings. The minimum atomic E-state index is 0.699. The van der Waals surface area contributed by atoms with Gasteiger partial charge in [-0.05, 0) is 67.6 Å². The molecule has 0 spiro atoms. The number of para-hydroxylation sites is 1. The second kappa shape index (κ2) is 8.44. The number of aryl methyl sites for hydroxylation is 1. The monoisotopic (exact) mass is 383 g/mol. The van der Waals surface area contributed by atoms with Gasteiger partial charge in [0.1, 0.15) is 28.9 Å². The van der Waals surface area contributed by atoms with Gasteiger partial charge in [-0.15, -0.1) is 0 Å². The average Bonchev–Trinajstić information content (AvgIpc) is 2.75. The first-order valence-electron chi connectivity index (χ1n) is 9.30. The van der Waals surface area contributed by atoms with Crippen LogP contribution in [0.2, 0.25) is 0 Å². The SMILES string of the molecule is COc1ccc(-c2cc(Nc3ccc(Oc4ccccc4)cc3)nc(C)n2)cc1. The number of benzene rings is 3. The fourth-order valence-corrected chi connectivity index (χ4v) is 2.92. The van der Waals surface area contributed by atoms with Gasteiger partial charge in [0.15, 0.2) is 0 Å². The van der Waals surface area contributed by atoms with Crippen molar-refractivity contribution in [2.45, 2.75) is 6.92 Å². The second-order valence-electron chi connectivity index (χ2n) is 6.48. The Hall–Kier alpha value is -3.86. The molecule has 0 aliphatic heterocycles. The average molecular weight is 383 g/mol. The fourth-order valence-electron chi connectivity index (χ4n) is 2.92. The van der Waals surface area contributed by atoms with Crippen LogP contribution in [0.4, 0.5) is 11.5 Å². The predicted molar refractivity (Wildman–Crippen MR) is 115 cm³/mol. The van der Waals surface area contributed by atoms with Gasteiger partial charge in [0.2, 0.25) is 0 Å². The van der Waals surface area contributed by atoms with Crippen molar-refractivity contribution in [3.05, 3.63) is 90.8 Å². The third kappa shape index (κ3) is 4.71. The summed E-state index contributed by atoms with van der Waals surface area (Å²) in [5.74, 6) is 3.84. The van der Waals surface area contributed by atoms with Gasteiger partial charge in [-0.3, -0.25) is 0 Å². The van der Waals surface area contributed by atoms with Crippen LogP contribution in [0.15, 0.2) is 84.9 Å². The van der Waals surface area contributed by atoms with Crippen LogP contribution < -0.4 is 14.8 Å². The summed E-state index contributed by atoms with van der Waals surface area (Å²) in [5, 5.41) is 3.34. The summed E-state index contributed by atoms with van der Waals surface area (Å²) in [4.78, 5) is 9.05. The van der Waals surface area contributed by atoms with Crippen molar-refractivity contribution in [1.82, 2.24) is 9.97 Å². The van der Waals surface area contributed by atoms with Gasteiger partial charge >= 0.3 is 0 Å². The van der Waals surface area contributed by atoms with Gasteiger partial charge in [-0.25, -0.2) is 9.97 Å². The molecule has 144 valence electrons. The van der Waals surface area contributed by atoms with Crippen LogP contribution >= 0.6 is 0 Å². The topological polar surface area (TPSA) is 56.3 Å². The van der Waals surface area contributed by atoms with Crippen molar-refractivity contribution in [3.8, 4) is 28.5 Å². The molecule has 5 nitrogen and oxygen atoms in total. The molecule has 4 rings (SSSR count). The zero-order chi connectivity index (χ0) is 20.1. The van der Waals surface area contributed by atoms with Crippen molar-refractivity contribution in [3.63, 3.8) is 0 Å². The number of hydrogen-bond acceptors (Lipinski definition) is 5. The summed E-state index contributed by atoms with van der Waals surface area (Å²) >= 11 is 0. The number of nitrogens with zero attached hydrogens (tertiary/aromatic N) is 2. The highest BCUT2D eigenvalue weighted by Crippen LogP contribution is 2.26. The number of methoxy groups -OCH3 is 1. The molecular formula is C24H21N3O2. The molecule has 0 fully saturated rings. The number of nitrogens with one attached hydrogen (secondary N) is 1. The van der Waals surface area contributed by atoms with Gasteiger partial charge in [0.05, 0.1) is 12.8 Å². The van der Waals surface area contributed by atoms with E-state index in [1.807, 2.05) is 91.9 Å². The van der Waals surface area contributed by atoms with Gasteiger partial charge in [-0.1, -0.05) is 18.2 Å². The van der Waals surface area contributed by atoms with E-state index < -0.39 is 0 Å².